The molecule has 1 unspecified atom stereocenters. The standard InChI is InChI=1S/C9H13N2O3P/c10-6-9(12)11-7-15(13,14)8-4-2-1-3-5-8/h1-5H,6-7,10H2,(H,11,12)(H,13,14). The SMILES string of the molecule is NCC(=O)NCP(=O)(O)c1ccccc1. The van der Waals surface area contributed by atoms with Crippen LogP contribution in [0.3, 0.4) is 0 Å². The molecule has 1 aromatic carbocycles. The minimum atomic E-state index is -3.50. The summed E-state index contributed by atoms with van der Waals surface area (Å²) in [5.41, 5.74) is 5.06. The molecule has 1 amide bonds. The first-order chi connectivity index (χ1) is 7.06. The Morgan fingerprint density at radius 1 is 1.40 bits per heavy atom. The predicted octanol–water partition coefficient (Wildman–Crippen LogP) is -0.385. The lowest BCUT2D eigenvalue weighted by Crippen LogP contribution is -2.32. The maximum atomic E-state index is 11.7. The van der Waals surface area contributed by atoms with Crippen LogP contribution in [0.1, 0.15) is 0 Å². The van der Waals surface area contributed by atoms with E-state index in [4.69, 9.17) is 5.73 Å². The smallest absolute Gasteiger partial charge is 0.248 e. The van der Waals surface area contributed by atoms with Gasteiger partial charge in [0.2, 0.25) is 13.3 Å². The molecule has 0 aliphatic rings. The highest BCUT2D eigenvalue weighted by molar-refractivity contribution is 7.66. The zero-order chi connectivity index (χ0) is 11.3. The third kappa shape index (κ3) is 3.47. The number of benzene rings is 1. The number of nitrogens with one attached hydrogen (secondary N) is 1. The second-order valence-corrected chi connectivity index (χ2v) is 5.24. The van der Waals surface area contributed by atoms with Crippen molar-refractivity contribution in [1.29, 1.82) is 0 Å². The number of hydrogen-bond acceptors (Lipinski definition) is 3. The van der Waals surface area contributed by atoms with Crippen molar-refractivity contribution in [3.8, 4) is 0 Å². The minimum absolute atomic E-state index is 0.186. The Labute approximate surface area is 87.7 Å². The zero-order valence-electron chi connectivity index (χ0n) is 8.09. The fourth-order valence-electron chi connectivity index (χ4n) is 1.02. The van der Waals surface area contributed by atoms with E-state index in [2.05, 4.69) is 5.32 Å². The molecule has 15 heavy (non-hydrogen) atoms. The third-order valence-electron chi connectivity index (χ3n) is 1.84. The van der Waals surface area contributed by atoms with Crippen molar-refractivity contribution in [2.24, 2.45) is 5.73 Å². The van der Waals surface area contributed by atoms with Crippen molar-refractivity contribution in [2.45, 2.75) is 0 Å². The topological polar surface area (TPSA) is 92.4 Å². The van der Waals surface area contributed by atoms with Crippen molar-refractivity contribution >= 4 is 18.6 Å². The molecular formula is C9H13N2O3P. The molecule has 1 aromatic rings. The van der Waals surface area contributed by atoms with Crippen LogP contribution in [0.15, 0.2) is 30.3 Å². The number of hydrogen-bond donors (Lipinski definition) is 3. The summed E-state index contributed by atoms with van der Waals surface area (Å²) in [5.74, 6) is -0.444. The van der Waals surface area contributed by atoms with E-state index in [-0.39, 0.29) is 12.8 Å². The van der Waals surface area contributed by atoms with Crippen LogP contribution in [0.2, 0.25) is 0 Å². The van der Waals surface area contributed by atoms with E-state index in [1.54, 1.807) is 30.3 Å². The molecule has 0 aromatic heterocycles. The highest BCUT2D eigenvalue weighted by Crippen LogP contribution is 2.37. The minimum Gasteiger partial charge on any atom is -0.345 e. The molecule has 4 N–H and O–H groups in total. The van der Waals surface area contributed by atoms with Gasteiger partial charge < -0.3 is 15.9 Å². The lowest BCUT2D eigenvalue weighted by atomic mass is 10.4. The van der Waals surface area contributed by atoms with Gasteiger partial charge in [-0.1, -0.05) is 18.2 Å². The summed E-state index contributed by atoms with van der Waals surface area (Å²) in [7, 11) is -3.50. The van der Waals surface area contributed by atoms with Gasteiger partial charge in [0.15, 0.2) is 0 Å². The van der Waals surface area contributed by atoms with Gasteiger partial charge in [0, 0.05) is 5.30 Å². The number of nitrogens with two attached hydrogens (primary N) is 1. The van der Waals surface area contributed by atoms with Crippen LogP contribution >= 0.6 is 7.37 Å². The number of rotatable bonds is 4. The average molecular weight is 228 g/mol. The summed E-state index contributed by atoms with van der Waals surface area (Å²) in [6, 6.07) is 8.19. The third-order valence-corrected chi connectivity index (χ3v) is 3.53. The molecular weight excluding hydrogens is 215 g/mol. The maximum Gasteiger partial charge on any atom is 0.248 e. The van der Waals surface area contributed by atoms with Gasteiger partial charge in [-0.25, -0.2) is 0 Å². The lowest BCUT2D eigenvalue weighted by molar-refractivity contribution is -0.119. The van der Waals surface area contributed by atoms with Crippen molar-refractivity contribution in [1.82, 2.24) is 5.32 Å². The quantitative estimate of drug-likeness (QED) is 0.612. The second kappa shape index (κ2) is 5.07. The summed E-state index contributed by atoms with van der Waals surface area (Å²) in [6.45, 7) is -0.186. The van der Waals surface area contributed by atoms with Crippen LogP contribution in [-0.4, -0.2) is 23.6 Å². The molecule has 5 nitrogen and oxygen atoms in total. The summed E-state index contributed by atoms with van der Waals surface area (Å²) in [4.78, 5) is 20.5. The van der Waals surface area contributed by atoms with E-state index in [0.29, 0.717) is 5.30 Å². The van der Waals surface area contributed by atoms with Gasteiger partial charge in [-0.2, -0.15) is 0 Å². The van der Waals surface area contributed by atoms with Crippen molar-refractivity contribution in [2.75, 3.05) is 12.8 Å². The number of amides is 1. The van der Waals surface area contributed by atoms with Gasteiger partial charge >= 0.3 is 0 Å². The molecule has 0 radical (unpaired) electrons. The Hall–Kier alpha value is -1.16. The highest BCUT2D eigenvalue weighted by Gasteiger charge is 2.21. The molecule has 1 rings (SSSR count). The Balaban J connectivity index is 2.68. The first kappa shape index (κ1) is 11.9. The van der Waals surface area contributed by atoms with Crippen molar-refractivity contribution in [3.63, 3.8) is 0 Å². The van der Waals surface area contributed by atoms with E-state index in [0.717, 1.165) is 0 Å². The van der Waals surface area contributed by atoms with E-state index in [1.807, 2.05) is 0 Å². The van der Waals surface area contributed by atoms with Crippen LogP contribution in [0.25, 0.3) is 0 Å². The number of carbonyl (C=O) groups is 1. The molecule has 0 spiro atoms. The maximum absolute atomic E-state index is 11.7. The monoisotopic (exact) mass is 228 g/mol. The van der Waals surface area contributed by atoms with E-state index < -0.39 is 13.3 Å². The predicted molar refractivity (Wildman–Crippen MR) is 58.0 cm³/mol. The molecule has 6 heteroatoms. The van der Waals surface area contributed by atoms with Crippen LogP contribution < -0.4 is 16.4 Å². The number of carbonyl (C=O) groups excluding carboxylic acids is 1. The van der Waals surface area contributed by atoms with Gasteiger partial charge in [-0.15, -0.1) is 0 Å². The molecule has 0 fully saturated rings. The van der Waals surface area contributed by atoms with Crippen LogP contribution in [0.4, 0.5) is 0 Å². The van der Waals surface area contributed by atoms with Gasteiger partial charge in [0.05, 0.1) is 12.8 Å². The first-order valence-corrected chi connectivity index (χ1v) is 6.25. The fraction of sp³-hybridized carbons (Fsp3) is 0.222. The Kier molecular flexibility index (Phi) is 4.03. The second-order valence-electron chi connectivity index (χ2n) is 3.00. The van der Waals surface area contributed by atoms with E-state index in [9.17, 15) is 14.3 Å². The Morgan fingerprint density at radius 2 is 2.00 bits per heavy atom. The molecule has 82 valence electrons. The normalized spacial score (nSPS) is 14.3. The van der Waals surface area contributed by atoms with E-state index in [1.165, 1.54) is 0 Å². The zero-order valence-corrected chi connectivity index (χ0v) is 8.98. The van der Waals surface area contributed by atoms with Crippen molar-refractivity contribution in [3.05, 3.63) is 30.3 Å². The van der Waals surface area contributed by atoms with Gasteiger partial charge in [0.25, 0.3) is 0 Å². The lowest BCUT2D eigenvalue weighted by Gasteiger charge is -2.12. The summed E-state index contributed by atoms with van der Waals surface area (Å²) in [5, 5.41) is 2.62. The first-order valence-electron chi connectivity index (χ1n) is 4.40. The molecule has 0 bridgehead atoms. The highest BCUT2D eigenvalue weighted by atomic mass is 31.2. The van der Waals surface area contributed by atoms with E-state index >= 15 is 0 Å². The van der Waals surface area contributed by atoms with Crippen molar-refractivity contribution < 1.29 is 14.3 Å². The summed E-state index contributed by atoms with van der Waals surface area (Å²) >= 11 is 0. The van der Waals surface area contributed by atoms with Gasteiger partial charge in [0.1, 0.15) is 0 Å². The molecule has 0 heterocycles. The Morgan fingerprint density at radius 3 is 2.53 bits per heavy atom. The van der Waals surface area contributed by atoms with Gasteiger partial charge in [-0.3, -0.25) is 9.36 Å². The van der Waals surface area contributed by atoms with Crippen LogP contribution in [0, 0.1) is 0 Å². The molecule has 0 aliphatic heterocycles. The summed E-state index contributed by atoms with van der Waals surface area (Å²) in [6.07, 6.45) is -0.285. The van der Waals surface area contributed by atoms with Crippen LogP contribution in [-0.2, 0) is 9.36 Å². The summed E-state index contributed by atoms with van der Waals surface area (Å²) < 4.78 is 11.7. The largest absolute Gasteiger partial charge is 0.345 e. The van der Waals surface area contributed by atoms with Crippen LogP contribution in [0.5, 0.6) is 0 Å². The molecule has 0 saturated heterocycles. The van der Waals surface area contributed by atoms with Gasteiger partial charge in [-0.05, 0) is 12.1 Å². The molecule has 0 aliphatic carbocycles. The fourth-order valence-corrected chi connectivity index (χ4v) is 2.23. The Bertz CT molecular complexity index is 380. The molecule has 1 atom stereocenters. The average Bonchev–Trinajstić information content (AvgIpc) is 2.27. The molecule has 0 saturated carbocycles.